The van der Waals surface area contributed by atoms with Crippen molar-refractivity contribution in [2.45, 2.75) is 32.9 Å². The van der Waals surface area contributed by atoms with E-state index in [4.69, 9.17) is 10.5 Å². The lowest BCUT2D eigenvalue weighted by Gasteiger charge is -2.18. The Kier molecular flexibility index (Phi) is 5.45. The predicted molar refractivity (Wildman–Crippen MR) is 74.6 cm³/mol. The molecule has 0 saturated carbocycles. The third-order valence-electron chi connectivity index (χ3n) is 2.59. The fraction of sp³-hybridized carbons (Fsp3) is 0.462. The molecular weight excluding hydrogens is 262 g/mol. The Bertz CT molecular complexity index is 502. The van der Waals surface area contributed by atoms with E-state index in [0.717, 1.165) is 5.56 Å². The molecule has 1 aromatic rings. The quantitative estimate of drug-likeness (QED) is 0.575. The van der Waals surface area contributed by atoms with Crippen molar-refractivity contribution in [1.29, 1.82) is 0 Å². The Morgan fingerprint density at radius 3 is 2.65 bits per heavy atom. The standard InChI is InChI=1S/C13H19N3O4/c1-8(2)15-10(13(14)17)7-20-12-5-4-9(3)6-11(12)16(18)19/h4-6,8,10,15H,7H2,1-3H3,(H2,14,17). The number of rotatable bonds is 7. The highest BCUT2D eigenvalue weighted by Gasteiger charge is 2.20. The number of carbonyl (C=O) groups excluding carboxylic acids is 1. The van der Waals surface area contributed by atoms with Crippen molar-refractivity contribution in [3.8, 4) is 5.75 Å². The largest absolute Gasteiger partial charge is 0.485 e. The number of benzene rings is 1. The van der Waals surface area contributed by atoms with Gasteiger partial charge in [-0.05, 0) is 18.6 Å². The summed E-state index contributed by atoms with van der Waals surface area (Å²) in [5.74, 6) is -0.439. The monoisotopic (exact) mass is 281 g/mol. The molecule has 3 N–H and O–H groups in total. The van der Waals surface area contributed by atoms with Gasteiger partial charge in [0.15, 0.2) is 5.75 Å². The molecule has 1 amide bonds. The average molecular weight is 281 g/mol. The van der Waals surface area contributed by atoms with E-state index in [1.807, 2.05) is 13.8 Å². The van der Waals surface area contributed by atoms with Crippen LogP contribution in [-0.2, 0) is 4.79 Å². The van der Waals surface area contributed by atoms with Crippen molar-refractivity contribution in [3.63, 3.8) is 0 Å². The zero-order valence-electron chi connectivity index (χ0n) is 11.8. The Morgan fingerprint density at radius 2 is 2.15 bits per heavy atom. The van der Waals surface area contributed by atoms with Crippen LogP contribution in [-0.4, -0.2) is 29.5 Å². The molecule has 20 heavy (non-hydrogen) atoms. The average Bonchev–Trinajstić information content (AvgIpc) is 2.34. The van der Waals surface area contributed by atoms with Gasteiger partial charge in [0.05, 0.1) is 4.92 Å². The molecule has 0 saturated heterocycles. The summed E-state index contributed by atoms with van der Waals surface area (Å²) < 4.78 is 5.37. The number of aryl methyl sites for hydroxylation is 1. The maximum absolute atomic E-state index is 11.3. The summed E-state index contributed by atoms with van der Waals surface area (Å²) in [5, 5.41) is 13.9. The van der Waals surface area contributed by atoms with Crippen LogP contribution in [0.1, 0.15) is 19.4 Å². The molecule has 0 radical (unpaired) electrons. The van der Waals surface area contributed by atoms with Crippen LogP contribution in [0.25, 0.3) is 0 Å². The summed E-state index contributed by atoms with van der Waals surface area (Å²) in [5.41, 5.74) is 5.89. The smallest absolute Gasteiger partial charge is 0.311 e. The second-order valence-corrected chi connectivity index (χ2v) is 4.82. The maximum atomic E-state index is 11.3. The molecule has 0 bridgehead atoms. The Labute approximate surface area is 117 Å². The molecule has 110 valence electrons. The summed E-state index contributed by atoms with van der Waals surface area (Å²) >= 11 is 0. The van der Waals surface area contributed by atoms with Crippen LogP contribution in [0.3, 0.4) is 0 Å². The lowest BCUT2D eigenvalue weighted by Crippen LogP contribution is -2.48. The molecule has 7 heteroatoms. The number of nitro benzene ring substituents is 1. The van der Waals surface area contributed by atoms with Crippen LogP contribution in [0.4, 0.5) is 5.69 Å². The third-order valence-corrected chi connectivity index (χ3v) is 2.59. The highest BCUT2D eigenvalue weighted by atomic mass is 16.6. The van der Waals surface area contributed by atoms with Gasteiger partial charge in [0.25, 0.3) is 0 Å². The Hall–Kier alpha value is -2.15. The number of primary amides is 1. The van der Waals surface area contributed by atoms with Crippen LogP contribution in [0.5, 0.6) is 5.75 Å². The molecular formula is C13H19N3O4. The van der Waals surface area contributed by atoms with Gasteiger partial charge in [-0.2, -0.15) is 0 Å². The highest BCUT2D eigenvalue weighted by Crippen LogP contribution is 2.27. The van der Waals surface area contributed by atoms with E-state index < -0.39 is 16.9 Å². The number of hydrogen-bond donors (Lipinski definition) is 2. The van der Waals surface area contributed by atoms with E-state index in [1.165, 1.54) is 12.1 Å². The van der Waals surface area contributed by atoms with Gasteiger partial charge in [0.1, 0.15) is 12.6 Å². The predicted octanol–water partition coefficient (Wildman–Crippen LogP) is 1.13. The molecule has 1 rings (SSSR count). The van der Waals surface area contributed by atoms with Gasteiger partial charge in [-0.3, -0.25) is 14.9 Å². The number of nitrogens with two attached hydrogens (primary N) is 1. The number of nitrogens with one attached hydrogen (secondary N) is 1. The third kappa shape index (κ3) is 4.51. The fourth-order valence-corrected chi connectivity index (χ4v) is 1.68. The normalized spacial score (nSPS) is 12.2. The fourth-order valence-electron chi connectivity index (χ4n) is 1.68. The first-order chi connectivity index (χ1) is 9.31. The molecule has 1 unspecified atom stereocenters. The van der Waals surface area contributed by atoms with Gasteiger partial charge < -0.3 is 15.8 Å². The first-order valence-corrected chi connectivity index (χ1v) is 6.24. The van der Waals surface area contributed by atoms with Crippen LogP contribution in [0.15, 0.2) is 18.2 Å². The Morgan fingerprint density at radius 1 is 1.50 bits per heavy atom. The molecule has 0 aliphatic carbocycles. The van der Waals surface area contributed by atoms with Crippen LogP contribution in [0, 0.1) is 17.0 Å². The molecule has 7 nitrogen and oxygen atoms in total. The number of nitro groups is 1. The zero-order valence-corrected chi connectivity index (χ0v) is 11.8. The van der Waals surface area contributed by atoms with Crippen molar-refractivity contribution in [2.75, 3.05) is 6.61 Å². The zero-order chi connectivity index (χ0) is 15.3. The van der Waals surface area contributed by atoms with Crippen molar-refractivity contribution in [1.82, 2.24) is 5.32 Å². The first-order valence-electron chi connectivity index (χ1n) is 6.24. The molecule has 0 spiro atoms. The first kappa shape index (κ1) is 15.9. The SMILES string of the molecule is Cc1ccc(OCC(NC(C)C)C(N)=O)c([N+](=O)[O-])c1. The highest BCUT2D eigenvalue weighted by molar-refractivity contribution is 5.80. The van der Waals surface area contributed by atoms with E-state index in [0.29, 0.717) is 0 Å². The topological polar surface area (TPSA) is 107 Å². The number of hydrogen-bond acceptors (Lipinski definition) is 5. The molecule has 0 aromatic heterocycles. The molecule has 0 aliphatic heterocycles. The molecule has 1 atom stereocenters. The lowest BCUT2D eigenvalue weighted by atomic mass is 10.2. The number of amides is 1. The van der Waals surface area contributed by atoms with E-state index in [9.17, 15) is 14.9 Å². The summed E-state index contributed by atoms with van der Waals surface area (Å²) in [6.45, 7) is 5.43. The lowest BCUT2D eigenvalue weighted by molar-refractivity contribution is -0.385. The van der Waals surface area contributed by atoms with Crippen molar-refractivity contribution >= 4 is 11.6 Å². The summed E-state index contributed by atoms with van der Waals surface area (Å²) in [4.78, 5) is 21.7. The summed E-state index contributed by atoms with van der Waals surface area (Å²) in [6.07, 6.45) is 0. The number of carbonyl (C=O) groups is 1. The van der Waals surface area contributed by atoms with Gasteiger partial charge in [0, 0.05) is 12.1 Å². The van der Waals surface area contributed by atoms with E-state index in [2.05, 4.69) is 5.32 Å². The van der Waals surface area contributed by atoms with Gasteiger partial charge in [0.2, 0.25) is 5.91 Å². The minimum absolute atomic E-state index is 0.0455. The number of ether oxygens (including phenoxy) is 1. The van der Waals surface area contributed by atoms with Gasteiger partial charge in [-0.1, -0.05) is 19.9 Å². The van der Waals surface area contributed by atoms with E-state index in [-0.39, 0.29) is 24.1 Å². The molecule has 0 aliphatic rings. The maximum Gasteiger partial charge on any atom is 0.311 e. The van der Waals surface area contributed by atoms with Crippen molar-refractivity contribution in [3.05, 3.63) is 33.9 Å². The van der Waals surface area contributed by atoms with Crippen molar-refractivity contribution < 1.29 is 14.5 Å². The molecule has 1 aromatic carbocycles. The van der Waals surface area contributed by atoms with Gasteiger partial charge >= 0.3 is 5.69 Å². The van der Waals surface area contributed by atoms with Gasteiger partial charge in [-0.15, -0.1) is 0 Å². The van der Waals surface area contributed by atoms with Gasteiger partial charge in [-0.25, -0.2) is 0 Å². The van der Waals surface area contributed by atoms with Crippen molar-refractivity contribution in [2.24, 2.45) is 5.73 Å². The summed E-state index contributed by atoms with van der Waals surface area (Å²) in [7, 11) is 0. The van der Waals surface area contributed by atoms with Crippen LogP contribution >= 0.6 is 0 Å². The Balaban J connectivity index is 2.82. The second kappa shape index (κ2) is 6.85. The van der Waals surface area contributed by atoms with E-state index >= 15 is 0 Å². The molecule has 0 fully saturated rings. The summed E-state index contributed by atoms with van der Waals surface area (Å²) in [6, 6.07) is 3.99. The minimum Gasteiger partial charge on any atom is -0.485 e. The molecule has 0 heterocycles. The van der Waals surface area contributed by atoms with Crippen LogP contribution in [0.2, 0.25) is 0 Å². The minimum atomic E-state index is -0.698. The second-order valence-electron chi connectivity index (χ2n) is 4.82. The van der Waals surface area contributed by atoms with Crippen LogP contribution < -0.4 is 15.8 Å². The van der Waals surface area contributed by atoms with E-state index in [1.54, 1.807) is 13.0 Å². The number of nitrogens with zero attached hydrogens (tertiary/aromatic N) is 1.